The normalized spacial score (nSPS) is 24.4. The van der Waals surface area contributed by atoms with Crippen molar-refractivity contribution in [3.63, 3.8) is 0 Å². The Morgan fingerprint density at radius 2 is 1.94 bits per heavy atom. The lowest BCUT2D eigenvalue weighted by molar-refractivity contribution is 0.0875. The number of sulfone groups is 1. The minimum Gasteiger partial charge on any atom is -0.423 e. The van der Waals surface area contributed by atoms with Gasteiger partial charge < -0.3 is 14.9 Å². The fraction of sp³-hybridized carbons (Fsp3) is 0.381. The molecule has 2 aliphatic rings. The minimum absolute atomic E-state index is 0.150. The molecule has 5 rings (SSSR count). The average Bonchev–Trinajstić information content (AvgIpc) is 3.43. The molecular formula is C21H21ClN4O4S2. The fourth-order valence-electron chi connectivity index (χ4n) is 4.43. The highest BCUT2D eigenvalue weighted by Gasteiger charge is 2.55. The third-order valence-corrected chi connectivity index (χ3v) is 10.7. The van der Waals surface area contributed by atoms with Gasteiger partial charge in [-0.15, -0.1) is 21.5 Å². The van der Waals surface area contributed by atoms with Crippen LogP contribution in [0.4, 0.5) is 0 Å². The largest absolute Gasteiger partial charge is 0.423 e. The molecule has 168 valence electrons. The van der Waals surface area contributed by atoms with Gasteiger partial charge in [0, 0.05) is 23.7 Å². The third kappa shape index (κ3) is 3.37. The van der Waals surface area contributed by atoms with Gasteiger partial charge in [-0.2, -0.15) is 0 Å². The summed E-state index contributed by atoms with van der Waals surface area (Å²) in [6.45, 7) is 2.48. The van der Waals surface area contributed by atoms with Crippen molar-refractivity contribution in [2.75, 3.05) is 19.0 Å². The van der Waals surface area contributed by atoms with Gasteiger partial charge in [-0.3, -0.25) is 4.99 Å². The highest BCUT2D eigenvalue weighted by atomic mass is 35.5. The summed E-state index contributed by atoms with van der Waals surface area (Å²) in [5.41, 5.74) is 6.95. The molecule has 0 aliphatic carbocycles. The molecule has 1 aromatic carbocycles. The van der Waals surface area contributed by atoms with Gasteiger partial charge in [0.2, 0.25) is 12.3 Å². The number of nitrogens with zero attached hydrogens (tertiary/aromatic N) is 3. The van der Waals surface area contributed by atoms with E-state index in [1.165, 1.54) is 17.7 Å². The van der Waals surface area contributed by atoms with E-state index in [2.05, 4.69) is 10.2 Å². The monoisotopic (exact) mass is 492 g/mol. The summed E-state index contributed by atoms with van der Waals surface area (Å²) in [6, 6.07) is 9.46. The number of hydrogen-bond acceptors (Lipinski definition) is 9. The van der Waals surface area contributed by atoms with Crippen LogP contribution in [0.15, 0.2) is 46.1 Å². The Morgan fingerprint density at radius 1 is 1.19 bits per heavy atom. The number of hydrogen-bond donors (Lipinski definition) is 1. The van der Waals surface area contributed by atoms with Gasteiger partial charge in [0.15, 0.2) is 9.84 Å². The van der Waals surface area contributed by atoms with Gasteiger partial charge in [-0.25, -0.2) is 8.42 Å². The predicted molar refractivity (Wildman–Crippen MR) is 124 cm³/mol. The molecule has 2 aliphatic heterocycles. The maximum absolute atomic E-state index is 13.4. The number of aromatic nitrogens is 2. The highest BCUT2D eigenvalue weighted by molar-refractivity contribution is 7.93. The number of nitrogens with two attached hydrogens (primary N) is 1. The molecule has 1 unspecified atom stereocenters. The van der Waals surface area contributed by atoms with Crippen LogP contribution in [0.5, 0.6) is 0 Å². The van der Waals surface area contributed by atoms with Gasteiger partial charge in [0.25, 0.3) is 0 Å². The van der Waals surface area contributed by atoms with Crippen molar-refractivity contribution in [2.45, 2.75) is 30.1 Å². The summed E-state index contributed by atoms with van der Waals surface area (Å²) in [5.74, 6) is 0.417. The Morgan fingerprint density at radius 3 is 2.62 bits per heavy atom. The second-order valence-electron chi connectivity index (χ2n) is 8.25. The van der Waals surface area contributed by atoms with Crippen LogP contribution < -0.4 is 5.73 Å². The average molecular weight is 493 g/mol. The molecular weight excluding hydrogens is 472 g/mol. The van der Waals surface area contributed by atoms with Gasteiger partial charge in [-0.05, 0) is 43.5 Å². The summed E-state index contributed by atoms with van der Waals surface area (Å²) in [6.07, 6.45) is 1.93. The summed E-state index contributed by atoms with van der Waals surface area (Å²) < 4.78 is 36.4. The van der Waals surface area contributed by atoms with Crippen LogP contribution in [0, 0.1) is 0 Å². The SMILES string of the molecule is CC1(c2sc(-c3cccc(-c4nnco4)c3)cc2Cl)CS(=O)(=O)C2(CCOCC2)C(N)=N1. The van der Waals surface area contributed by atoms with Crippen molar-refractivity contribution in [3.05, 3.63) is 46.6 Å². The Balaban J connectivity index is 1.55. The van der Waals surface area contributed by atoms with Crippen LogP contribution in [-0.2, 0) is 20.1 Å². The number of thiophene rings is 1. The van der Waals surface area contributed by atoms with Crippen molar-refractivity contribution in [3.8, 4) is 21.9 Å². The van der Waals surface area contributed by atoms with E-state index < -0.39 is 20.1 Å². The number of ether oxygens (including phenoxy) is 1. The quantitative estimate of drug-likeness (QED) is 0.592. The molecule has 8 nitrogen and oxygen atoms in total. The Bertz CT molecular complexity index is 1300. The van der Waals surface area contributed by atoms with E-state index in [9.17, 15) is 8.42 Å². The molecule has 1 saturated heterocycles. The van der Waals surface area contributed by atoms with E-state index in [-0.39, 0.29) is 11.6 Å². The summed E-state index contributed by atoms with van der Waals surface area (Å²) >= 11 is 8.03. The molecule has 1 spiro atoms. The van der Waals surface area contributed by atoms with E-state index in [0.29, 0.717) is 41.8 Å². The lowest BCUT2D eigenvalue weighted by atomic mass is 9.95. The zero-order valence-corrected chi connectivity index (χ0v) is 19.6. The molecule has 0 amide bonds. The van der Waals surface area contributed by atoms with Gasteiger partial charge in [0.05, 0.1) is 15.7 Å². The number of aliphatic imine (C=N–C) groups is 1. The Kier molecular flexibility index (Phi) is 5.16. The maximum atomic E-state index is 13.4. The molecule has 0 bridgehead atoms. The first-order valence-electron chi connectivity index (χ1n) is 10.1. The van der Waals surface area contributed by atoms with Crippen molar-refractivity contribution < 1.29 is 17.6 Å². The zero-order chi connectivity index (χ0) is 22.6. The second-order valence-corrected chi connectivity index (χ2v) is 12.0. The van der Waals surface area contributed by atoms with Gasteiger partial charge in [0.1, 0.15) is 16.1 Å². The van der Waals surface area contributed by atoms with E-state index in [1.54, 1.807) is 6.92 Å². The molecule has 0 radical (unpaired) electrons. The molecule has 4 heterocycles. The minimum atomic E-state index is -3.57. The van der Waals surface area contributed by atoms with Crippen LogP contribution in [0.1, 0.15) is 24.6 Å². The number of rotatable bonds is 3. The lowest BCUT2D eigenvalue weighted by Crippen LogP contribution is -2.60. The third-order valence-electron chi connectivity index (χ3n) is 6.13. The highest BCUT2D eigenvalue weighted by Crippen LogP contribution is 2.47. The number of benzene rings is 1. The van der Waals surface area contributed by atoms with Crippen LogP contribution in [0.2, 0.25) is 5.02 Å². The van der Waals surface area contributed by atoms with Crippen LogP contribution >= 0.6 is 22.9 Å². The Labute approximate surface area is 194 Å². The zero-order valence-electron chi connectivity index (χ0n) is 17.2. The standard InChI is InChI=1S/C21H21ClN4O4S2/c1-20(11-32(27,28)21(19(23)25-20)5-7-29-8-6-21)17-15(22)10-16(31-17)13-3-2-4-14(9-13)18-26-24-12-30-18/h2-4,9-10,12H,5-8,11H2,1H3,(H2,23,25). The number of amidine groups is 1. The van der Waals surface area contributed by atoms with Crippen molar-refractivity contribution in [2.24, 2.45) is 10.7 Å². The van der Waals surface area contributed by atoms with E-state index >= 15 is 0 Å². The molecule has 1 atom stereocenters. The molecule has 11 heteroatoms. The summed E-state index contributed by atoms with van der Waals surface area (Å²) in [7, 11) is -3.57. The summed E-state index contributed by atoms with van der Waals surface area (Å²) in [5, 5.41) is 8.13. The molecule has 32 heavy (non-hydrogen) atoms. The Hall–Kier alpha value is -2.27. The van der Waals surface area contributed by atoms with E-state index in [1.807, 2.05) is 30.3 Å². The summed E-state index contributed by atoms with van der Waals surface area (Å²) in [4.78, 5) is 6.29. The van der Waals surface area contributed by atoms with E-state index in [4.69, 9.17) is 31.5 Å². The van der Waals surface area contributed by atoms with Crippen molar-refractivity contribution in [1.82, 2.24) is 10.2 Å². The van der Waals surface area contributed by atoms with Crippen molar-refractivity contribution >= 4 is 38.6 Å². The van der Waals surface area contributed by atoms with Crippen LogP contribution in [0.3, 0.4) is 0 Å². The second kappa shape index (κ2) is 7.65. The smallest absolute Gasteiger partial charge is 0.247 e. The fourth-order valence-corrected chi connectivity index (χ4v) is 8.53. The molecule has 2 N–H and O–H groups in total. The van der Waals surface area contributed by atoms with Crippen LogP contribution in [0.25, 0.3) is 21.9 Å². The molecule has 2 aromatic heterocycles. The first kappa shape index (κ1) is 21.6. The molecule has 3 aromatic rings. The van der Waals surface area contributed by atoms with Gasteiger partial charge >= 0.3 is 0 Å². The van der Waals surface area contributed by atoms with E-state index in [0.717, 1.165) is 16.0 Å². The molecule has 0 saturated carbocycles. The van der Waals surface area contributed by atoms with Gasteiger partial charge in [-0.1, -0.05) is 23.7 Å². The molecule has 1 fully saturated rings. The van der Waals surface area contributed by atoms with Crippen LogP contribution in [-0.4, -0.2) is 48.2 Å². The maximum Gasteiger partial charge on any atom is 0.247 e. The number of halogens is 1. The lowest BCUT2D eigenvalue weighted by Gasteiger charge is -2.43. The first-order chi connectivity index (χ1) is 15.2. The topological polar surface area (TPSA) is 121 Å². The first-order valence-corrected chi connectivity index (χ1v) is 12.9. The predicted octanol–water partition coefficient (Wildman–Crippen LogP) is 3.67. The van der Waals surface area contributed by atoms with Crippen molar-refractivity contribution in [1.29, 1.82) is 0 Å².